The molecule has 1 amide bonds. The van der Waals surface area contributed by atoms with E-state index in [1.165, 1.54) is 31.9 Å². The molecule has 0 fully saturated rings. The van der Waals surface area contributed by atoms with Gasteiger partial charge in [-0.05, 0) is 30.4 Å². The molecule has 0 aromatic heterocycles. The molecule has 0 heterocycles. The summed E-state index contributed by atoms with van der Waals surface area (Å²) in [7, 11) is 2.95. The van der Waals surface area contributed by atoms with Gasteiger partial charge in [-0.3, -0.25) is 14.9 Å². The van der Waals surface area contributed by atoms with Crippen LogP contribution in [0.2, 0.25) is 0 Å². The molecule has 0 saturated heterocycles. The van der Waals surface area contributed by atoms with E-state index in [2.05, 4.69) is 5.32 Å². The summed E-state index contributed by atoms with van der Waals surface area (Å²) in [6, 6.07) is 10.3. The number of aryl methyl sites for hydroxylation is 1. The Morgan fingerprint density at radius 2 is 2.00 bits per heavy atom. The van der Waals surface area contributed by atoms with Crippen molar-refractivity contribution in [3.05, 3.63) is 63.2 Å². The third-order valence-corrected chi connectivity index (χ3v) is 4.94. The topological polar surface area (TPSA) is 99.9 Å². The number of nitro benzene ring substituents is 1. The average molecular weight is 400 g/mol. The lowest BCUT2D eigenvalue weighted by molar-refractivity contribution is -0.385. The van der Waals surface area contributed by atoms with E-state index in [0.29, 0.717) is 6.61 Å². The first-order valence-electron chi connectivity index (χ1n) is 9.42. The van der Waals surface area contributed by atoms with Gasteiger partial charge in [0.25, 0.3) is 11.6 Å². The van der Waals surface area contributed by atoms with Gasteiger partial charge in [0.2, 0.25) is 0 Å². The predicted octanol–water partition coefficient (Wildman–Crippen LogP) is 3.44. The molecule has 1 atom stereocenters. The molecule has 154 valence electrons. The number of nitrogens with one attached hydrogen (secondary N) is 1. The summed E-state index contributed by atoms with van der Waals surface area (Å²) in [4.78, 5) is 24.0. The number of hydrogen-bond acceptors (Lipinski definition) is 6. The van der Waals surface area contributed by atoms with Gasteiger partial charge in [-0.25, -0.2) is 0 Å². The minimum absolute atomic E-state index is 0.0611. The second-order valence-corrected chi connectivity index (χ2v) is 6.74. The highest BCUT2D eigenvalue weighted by Gasteiger charge is 2.28. The average Bonchev–Trinajstić information content (AvgIpc) is 2.73. The summed E-state index contributed by atoms with van der Waals surface area (Å²) >= 11 is 0. The van der Waals surface area contributed by atoms with Gasteiger partial charge in [0.05, 0.1) is 30.7 Å². The van der Waals surface area contributed by atoms with Gasteiger partial charge in [0, 0.05) is 13.2 Å². The first-order chi connectivity index (χ1) is 14.0. The number of ether oxygens (including phenoxy) is 3. The SMILES string of the molecule is COCCOc1cc([N+](=O)[O-])c(C(=O)NC2CCCc3ccccc32)cc1OC. The molecule has 8 heteroatoms. The Bertz CT molecular complexity index is 899. The molecule has 0 aliphatic heterocycles. The van der Waals surface area contributed by atoms with Crippen molar-refractivity contribution in [1.82, 2.24) is 5.32 Å². The van der Waals surface area contributed by atoms with Crippen LogP contribution in [0.3, 0.4) is 0 Å². The summed E-state index contributed by atoms with van der Waals surface area (Å²) in [6.07, 6.45) is 2.69. The fourth-order valence-electron chi connectivity index (χ4n) is 3.53. The van der Waals surface area contributed by atoms with Crippen LogP contribution < -0.4 is 14.8 Å². The Hall–Kier alpha value is -3.13. The van der Waals surface area contributed by atoms with Gasteiger partial charge in [-0.2, -0.15) is 0 Å². The monoisotopic (exact) mass is 400 g/mol. The van der Waals surface area contributed by atoms with Crippen LogP contribution in [0.1, 0.15) is 40.4 Å². The lowest BCUT2D eigenvalue weighted by Gasteiger charge is -2.26. The van der Waals surface area contributed by atoms with E-state index in [-0.39, 0.29) is 35.4 Å². The summed E-state index contributed by atoms with van der Waals surface area (Å²) in [5.41, 5.74) is 1.85. The molecule has 1 N–H and O–H groups in total. The van der Waals surface area contributed by atoms with Gasteiger partial charge in [0.15, 0.2) is 11.5 Å². The third-order valence-electron chi connectivity index (χ3n) is 4.94. The van der Waals surface area contributed by atoms with Crippen molar-refractivity contribution >= 4 is 11.6 Å². The number of fused-ring (bicyclic) bond motifs is 1. The summed E-state index contributed by atoms with van der Waals surface area (Å²) < 4.78 is 15.7. The number of nitrogens with zero attached hydrogens (tertiary/aromatic N) is 1. The molecule has 0 radical (unpaired) electrons. The maximum Gasteiger partial charge on any atom is 0.286 e. The largest absolute Gasteiger partial charge is 0.493 e. The molecule has 2 aromatic rings. The Balaban J connectivity index is 1.89. The highest BCUT2D eigenvalue weighted by atomic mass is 16.6. The van der Waals surface area contributed by atoms with Crippen molar-refractivity contribution in [2.45, 2.75) is 25.3 Å². The fraction of sp³-hybridized carbons (Fsp3) is 0.381. The van der Waals surface area contributed by atoms with Crippen LogP contribution in [-0.4, -0.2) is 38.3 Å². The van der Waals surface area contributed by atoms with E-state index in [1.54, 1.807) is 0 Å². The van der Waals surface area contributed by atoms with Crippen molar-refractivity contribution in [3.63, 3.8) is 0 Å². The van der Waals surface area contributed by atoms with E-state index in [1.807, 2.05) is 24.3 Å². The zero-order valence-electron chi connectivity index (χ0n) is 16.5. The molecule has 0 saturated carbocycles. The molecule has 29 heavy (non-hydrogen) atoms. The van der Waals surface area contributed by atoms with Crippen LogP contribution in [0.5, 0.6) is 11.5 Å². The molecule has 3 rings (SSSR count). The standard InChI is InChI=1S/C21H24N2O6/c1-27-10-11-29-20-13-18(23(25)26)16(12-19(20)28-2)21(24)22-17-9-5-7-14-6-3-4-8-15(14)17/h3-4,6,8,12-13,17H,5,7,9-11H2,1-2H3,(H,22,24). The van der Waals surface area contributed by atoms with E-state index in [4.69, 9.17) is 14.2 Å². The van der Waals surface area contributed by atoms with Gasteiger partial charge in [-0.1, -0.05) is 24.3 Å². The Morgan fingerprint density at radius 1 is 1.21 bits per heavy atom. The van der Waals surface area contributed by atoms with Crippen LogP contribution in [0.15, 0.2) is 36.4 Å². The van der Waals surface area contributed by atoms with E-state index < -0.39 is 10.8 Å². The third kappa shape index (κ3) is 4.65. The smallest absolute Gasteiger partial charge is 0.286 e. The van der Waals surface area contributed by atoms with Crippen molar-refractivity contribution in [2.75, 3.05) is 27.4 Å². The molecule has 0 bridgehead atoms. The zero-order chi connectivity index (χ0) is 20.8. The lowest BCUT2D eigenvalue weighted by atomic mass is 9.87. The quantitative estimate of drug-likeness (QED) is 0.414. The van der Waals surface area contributed by atoms with Crippen LogP contribution in [0.25, 0.3) is 0 Å². The van der Waals surface area contributed by atoms with Crippen molar-refractivity contribution in [2.24, 2.45) is 0 Å². The first kappa shape index (κ1) is 20.6. The molecule has 0 spiro atoms. The van der Waals surface area contributed by atoms with Crippen LogP contribution in [0, 0.1) is 10.1 Å². The Kier molecular flexibility index (Phi) is 6.66. The van der Waals surface area contributed by atoms with Gasteiger partial charge in [-0.15, -0.1) is 0 Å². The summed E-state index contributed by atoms with van der Waals surface area (Å²) in [6.45, 7) is 0.523. The normalized spacial score (nSPS) is 15.3. The number of hydrogen-bond donors (Lipinski definition) is 1. The van der Waals surface area contributed by atoms with E-state index in [9.17, 15) is 14.9 Å². The Labute approximate surface area is 168 Å². The number of rotatable bonds is 8. The highest BCUT2D eigenvalue weighted by Crippen LogP contribution is 2.36. The molecule has 1 aliphatic carbocycles. The van der Waals surface area contributed by atoms with Crippen molar-refractivity contribution in [1.29, 1.82) is 0 Å². The molecular weight excluding hydrogens is 376 g/mol. The minimum atomic E-state index is -0.591. The Morgan fingerprint density at radius 3 is 2.72 bits per heavy atom. The van der Waals surface area contributed by atoms with E-state index >= 15 is 0 Å². The zero-order valence-corrected chi connectivity index (χ0v) is 16.5. The number of benzene rings is 2. The van der Waals surface area contributed by atoms with E-state index in [0.717, 1.165) is 24.8 Å². The molecule has 1 aliphatic rings. The first-order valence-corrected chi connectivity index (χ1v) is 9.42. The number of methoxy groups -OCH3 is 2. The lowest BCUT2D eigenvalue weighted by Crippen LogP contribution is -2.31. The minimum Gasteiger partial charge on any atom is -0.493 e. The van der Waals surface area contributed by atoms with Crippen LogP contribution in [-0.2, 0) is 11.2 Å². The highest BCUT2D eigenvalue weighted by molar-refractivity contribution is 5.99. The second kappa shape index (κ2) is 9.38. The predicted molar refractivity (Wildman–Crippen MR) is 107 cm³/mol. The molecule has 1 unspecified atom stereocenters. The second-order valence-electron chi connectivity index (χ2n) is 6.74. The van der Waals surface area contributed by atoms with Crippen molar-refractivity contribution < 1.29 is 23.9 Å². The van der Waals surface area contributed by atoms with Gasteiger partial charge in [0.1, 0.15) is 12.2 Å². The summed E-state index contributed by atoms with van der Waals surface area (Å²) in [5.74, 6) is -0.0724. The van der Waals surface area contributed by atoms with Gasteiger partial charge < -0.3 is 19.5 Å². The van der Waals surface area contributed by atoms with Crippen LogP contribution in [0.4, 0.5) is 5.69 Å². The molecule has 8 nitrogen and oxygen atoms in total. The maximum atomic E-state index is 13.0. The summed E-state index contributed by atoms with van der Waals surface area (Å²) in [5, 5.41) is 14.6. The number of carbonyl (C=O) groups excluding carboxylic acids is 1. The van der Waals surface area contributed by atoms with Crippen LogP contribution >= 0.6 is 0 Å². The number of carbonyl (C=O) groups is 1. The fourth-order valence-corrected chi connectivity index (χ4v) is 3.53. The molecule has 2 aromatic carbocycles. The van der Waals surface area contributed by atoms with Gasteiger partial charge >= 0.3 is 0 Å². The maximum absolute atomic E-state index is 13.0. The van der Waals surface area contributed by atoms with Crippen molar-refractivity contribution in [3.8, 4) is 11.5 Å². The number of amides is 1. The number of nitro groups is 1. The molecular formula is C21H24N2O6.